The molecule has 12 heteroatoms. The number of nitrogens with one attached hydrogen (secondary N) is 1. The first-order valence-corrected chi connectivity index (χ1v) is 11.0. The van der Waals surface area contributed by atoms with Gasteiger partial charge in [-0.3, -0.25) is 14.2 Å². The molecule has 0 radical (unpaired) electrons. The Morgan fingerprint density at radius 2 is 2.03 bits per heavy atom. The first kappa shape index (κ1) is 22.7. The third-order valence-corrected chi connectivity index (χ3v) is 6.42. The van der Waals surface area contributed by atoms with Gasteiger partial charge in [0.05, 0.1) is 34.1 Å². The van der Waals surface area contributed by atoms with Crippen LogP contribution in [0.4, 0.5) is 18.9 Å². The Bertz CT molecular complexity index is 1280. The lowest BCUT2D eigenvalue weighted by atomic mass is 10.1. The Morgan fingerprint density at radius 3 is 2.69 bits per heavy atom. The van der Waals surface area contributed by atoms with Crippen molar-refractivity contribution in [3.63, 3.8) is 0 Å². The summed E-state index contributed by atoms with van der Waals surface area (Å²) in [5.74, 6) is -0.122. The highest BCUT2D eigenvalue weighted by Gasteiger charge is 2.32. The van der Waals surface area contributed by atoms with Crippen LogP contribution in [0.1, 0.15) is 38.8 Å². The summed E-state index contributed by atoms with van der Waals surface area (Å²) in [5, 5.41) is 7.53. The zero-order valence-corrected chi connectivity index (χ0v) is 18.9. The molecule has 0 spiro atoms. The fraction of sp³-hybridized carbons (Fsp3) is 0.400. The number of aromatic nitrogens is 4. The molecule has 1 unspecified atom stereocenters. The number of halogens is 4. The Kier molecular flexibility index (Phi) is 5.52. The first-order chi connectivity index (χ1) is 14.9. The van der Waals surface area contributed by atoms with Gasteiger partial charge in [0.15, 0.2) is 10.8 Å². The van der Waals surface area contributed by atoms with Crippen molar-refractivity contribution in [2.75, 3.05) is 11.1 Å². The van der Waals surface area contributed by atoms with Gasteiger partial charge >= 0.3 is 6.18 Å². The molecule has 1 aliphatic heterocycles. The zero-order chi connectivity index (χ0) is 23.4. The van der Waals surface area contributed by atoms with E-state index in [0.717, 1.165) is 18.2 Å². The van der Waals surface area contributed by atoms with Crippen molar-refractivity contribution in [1.82, 2.24) is 19.3 Å². The quantitative estimate of drug-likeness (QED) is 0.544. The van der Waals surface area contributed by atoms with Crippen LogP contribution in [0.25, 0.3) is 11.0 Å². The summed E-state index contributed by atoms with van der Waals surface area (Å²) in [7, 11) is 0. The largest absolute Gasteiger partial charge is 0.416 e. The average Bonchev–Trinajstić information content (AvgIpc) is 3.27. The van der Waals surface area contributed by atoms with Crippen molar-refractivity contribution >= 4 is 46.0 Å². The maximum atomic E-state index is 13.1. The van der Waals surface area contributed by atoms with Gasteiger partial charge in [0.25, 0.3) is 5.56 Å². The van der Waals surface area contributed by atoms with Crippen LogP contribution < -0.4 is 10.9 Å². The smallest absolute Gasteiger partial charge is 0.325 e. The second-order valence-electron chi connectivity index (χ2n) is 8.44. The van der Waals surface area contributed by atoms with Crippen molar-refractivity contribution in [2.24, 2.45) is 0 Å². The molecule has 4 rings (SSSR count). The molecule has 0 bridgehead atoms. The van der Waals surface area contributed by atoms with Crippen LogP contribution in [0, 0.1) is 0 Å². The highest BCUT2D eigenvalue weighted by molar-refractivity contribution is 7.99. The van der Waals surface area contributed by atoms with E-state index in [4.69, 9.17) is 11.6 Å². The van der Waals surface area contributed by atoms with Gasteiger partial charge in [-0.25, -0.2) is 9.67 Å². The number of thioether (sulfide) groups is 1. The first-order valence-electron chi connectivity index (χ1n) is 9.66. The van der Waals surface area contributed by atoms with Crippen LogP contribution in [0.3, 0.4) is 0 Å². The van der Waals surface area contributed by atoms with E-state index in [1.165, 1.54) is 22.5 Å². The molecule has 3 aromatic rings. The molecule has 32 heavy (non-hydrogen) atoms. The topological polar surface area (TPSA) is 81.8 Å². The Morgan fingerprint density at radius 1 is 1.31 bits per heavy atom. The van der Waals surface area contributed by atoms with E-state index in [1.807, 2.05) is 20.8 Å². The molecule has 1 atom stereocenters. The van der Waals surface area contributed by atoms with Gasteiger partial charge in [0, 0.05) is 12.2 Å². The number of alkyl halides is 3. The molecular formula is C20H19ClF3N5O2S. The SMILES string of the molecule is CC(C)(C)n1ncc2c(=O)n3c(nc21)SCC3CC(=O)Nc1cc(C(F)(F)F)ccc1Cl. The molecule has 0 saturated carbocycles. The highest BCUT2D eigenvalue weighted by Crippen LogP contribution is 2.36. The standard InChI is InChI=1S/C20H19ClF3N5O2S/c1-19(2,3)29-16-12(8-25-29)17(31)28-11(9-32-18(28)27-16)7-15(30)26-14-6-10(20(22,23)24)4-5-13(14)21/h4-6,8,11H,7,9H2,1-3H3,(H,26,30). The van der Waals surface area contributed by atoms with E-state index >= 15 is 0 Å². The van der Waals surface area contributed by atoms with Crippen molar-refractivity contribution in [3.05, 3.63) is 45.3 Å². The number of amides is 1. The molecule has 1 amide bonds. The fourth-order valence-corrected chi connectivity index (χ4v) is 4.78. The molecule has 3 heterocycles. The minimum Gasteiger partial charge on any atom is -0.325 e. The van der Waals surface area contributed by atoms with Crippen LogP contribution in [-0.4, -0.2) is 31.0 Å². The van der Waals surface area contributed by atoms with Gasteiger partial charge in [-0.1, -0.05) is 23.4 Å². The van der Waals surface area contributed by atoms with Crippen LogP contribution in [0.15, 0.2) is 34.3 Å². The molecule has 1 N–H and O–H groups in total. The summed E-state index contributed by atoms with van der Waals surface area (Å²) in [6.45, 7) is 5.85. The second kappa shape index (κ2) is 7.80. The number of hydrogen-bond donors (Lipinski definition) is 1. The number of hydrogen-bond acceptors (Lipinski definition) is 5. The summed E-state index contributed by atoms with van der Waals surface area (Å²) in [5.41, 5.74) is -1.25. The van der Waals surface area contributed by atoms with E-state index in [1.54, 1.807) is 4.68 Å². The number of nitrogens with zero attached hydrogens (tertiary/aromatic N) is 4. The van der Waals surface area contributed by atoms with E-state index in [0.29, 0.717) is 21.9 Å². The predicted octanol–water partition coefficient (Wildman–Crippen LogP) is 4.70. The van der Waals surface area contributed by atoms with Crippen molar-refractivity contribution < 1.29 is 18.0 Å². The van der Waals surface area contributed by atoms with Crippen molar-refractivity contribution in [3.8, 4) is 0 Å². The molecule has 0 aliphatic carbocycles. The zero-order valence-electron chi connectivity index (χ0n) is 17.3. The number of rotatable bonds is 3. The molecule has 1 aromatic carbocycles. The fourth-order valence-electron chi connectivity index (χ4n) is 3.48. The number of anilines is 1. The van der Waals surface area contributed by atoms with Crippen molar-refractivity contribution in [2.45, 2.75) is 50.1 Å². The predicted molar refractivity (Wildman–Crippen MR) is 116 cm³/mol. The summed E-state index contributed by atoms with van der Waals surface area (Å²) in [4.78, 5) is 30.3. The minimum atomic E-state index is -4.56. The minimum absolute atomic E-state index is 0.0114. The van der Waals surface area contributed by atoms with E-state index < -0.39 is 23.7 Å². The average molecular weight is 486 g/mol. The van der Waals surface area contributed by atoms with Gasteiger partial charge in [-0.2, -0.15) is 18.3 Å². The summed E-state index contributed by atoms with van der Waals surface area (Å²) < 4.78 is 42.0. The van der Waals surface area contributed by atoms with Gasteiger partial charge in [0.2, 0.25) is 5.91 Å². The van der Waals surface area contributed by atoms with Crippen LogP contribution in [-0.2, 0) is 16.5 Å². The van der Waals surface area contributed by atoms with Gasteiger partial charge in [0.1, 0.15) is 5.39 Å². The van der Waals surface area contributed by atoms with E-state index in [-0.39, 0.29) is 28.2 Å². The third-order valence-electron chi connectivity index (χ3n) is 4.99. The van der Waals surface area contributed by atoms with Crippen LogP contribution >= 0.6 is 23.4 Å². The van der Waals surface area contributed by atoms with Crippen molar-refractivity contribution in [1.29, 1.82) is 0 Å². The molecule has 1 aliphatic rings. The number of fused-ring (bicyclic) bond motifs is 2. The lowest BCUT2D eigenvalue weighted by Crippen LogP contribution is -2.29. The molecule has 170 valence electrons. The monoisotopic (exact) mass is 485 g/mol. The number of carbonyl (C=O) groups is 1. The van der Waals surface area contributed by atoms with Gasteiger partial charge in [-0.05, 0) is 39.0 Å². The number of benzene rings is 1. The summed E-state index contributed by atoms with van der Waals surface area (Å²) >= 11 is 7.30. The van der Waals surface area contributed by atoms with E-state index in [9.17, 15) is 22.8 Å². The van der Waals surface area contributed by atoms with Crippen LogP contribution in [0.5, 0.6) is 0 Å². The molecule has 2 aromatic heterocycles. The summed E-state index contributed by atoms with van der Waals surface area (Å²) in [6, 6.07) is 2.21. The second-order valence-corrected chi connectivity index (χ2v) is 9.84. The van der Waals surface area contributed by atoms with Gasteiger partial charge < -0.3 is 5.32 Å². The normalized spacial score (nSPS) is 16.4. The number of carbonyl (C=O) groups excluding carboxylic acids is 1. The van der Waals surface area contributed by atoms with E-state index in [2.05, 4.69) is 15.4 Å². The highest BCUT2D eigenvalue weighted by atomic mass is 35.5. The lowest BCUT2D eigenvalue weighted by Gasteiger charge is -2.20. The molecular weight excluding hydrogens is 467 g/mol. The maximum Gasteiger partial charge on any atom is 0.416 e. The summed E-state index contributed by atoms with van der Waals surface area (Å²) in [6.07, 6.45) is -3.22. The third kappa shape index (κ3) is 4.11. The Labute approximate surface area is 190 Å². The Hall–Kier alpha value is -2.53. The Balaban J connectivity index is 1.60. The van der Waals surface area contributed by atoms with Gasteiger partial charge in [-0.15, -0.1) is 0 Å². The molecule has 0 fully saturated rings. The molecule has 7 nitrogen and oxygen atoms in total. The maximum absolute atomic E-state index is 13.1. The molecule has 0 saturated heterocycles. The lowest BCUT2D eigenvalue weighted by molar-refractivity contribution is -0.137. The van der Waals surface area contributed by atoms with Crippen LogP contribution in [0.2, 0.25) is 5.02 Å².